The van der Waals surface area contributed by atoms with Crippen LogP contribution >= 0.6 is 0 Å². The van der Waals surface area contributed by atoms with Gasteiger partial charge in [0.1, 0.15) is 0 Å². The summed E-state index contributed by atoms with van der Waals surface area (Å²) in [7, 11) is 0. The van der Waals surface area contributed by atoms with Crippen LogP contribution in [0.5, 0.6) is 23.0 Å². The molecule has 27 heavy (non-hydrogen) atoms. The quantitative estimate of drug-likeness (QED) is 0.781. The van der Waals surface area contributed by atoms with Crippen molar-refractivity contribution in [3.8, 4) is 23.0 Å². The molecule has 0 aliphatic carbocycles. The summed E-state index contributed by atoms with van der Waals surface area (Å²) in [5.74, 6) is 3.32. The standard InChI is InChI=1S/C21H23NO5/c1-14(2)10-22(11-16-4-3-5-18-21(16)27-13-25-18)20(23)9-15-6-7-17-19(8-15)26-12-24-17/h3-8,14H,9-13H2,1-2H3. The van der Waals surface area contributed by atoms with Crippen LogP contribution in [0.2, 0.25) is 0 Å². The lowest BCUT2D eigenvalue weighted by Gasteiger charge is -2.25. The van der Waals surface area contributed by atoms with Gasteiger partial charge in [0.2, 0.25) is 19.5 Å². The first-order chi connectivity index (χ1) is 13.1. The van der Waals surface area contributed by atoms with E-state index in [2.05, 4.69) is 13.8 Å². The molecule has 1 amide bonds. The first kappa shape index (κ1) is 17.5. The summed E-state index contributed by atoms with van der Waals surface area (Å²) >= 11 is 0. The van der Waals surface area contributed by atoms with Crippen LogP contribution in [0.3, 0.4) is 0 Å². The van der Waals surface area contributed by atoms with E-state index < -0.39 is 0 Å². The molecule has 2 aliphatic rings. The Bertz CT molecular complexity index is 848. The summed E-state index contributed by atoms with van der Waals surface area (Å²) in [5, 5.41) is 0. The zero-order chi connectivity index (χ0) is 18.8. The Morgan fingerprint density at radius 1 is 1.00 bits per heavy atom. The van der Waals surface area contributed by atoms with Gasteiger partial charge in [-0.2, -0.15) is 0 Å². The topological polar surface area (TPSA) is 57.2 Å². The van der Waals surface area contributed by atoms with Crippen LogP contribution in [-0.2, 0) is 17.8 Å². The molecule has 0 unspecified atom stereocenters. The van der Waals surface area contributed by atoms with Gasteiger partial charge in [-0.1, -0.05) is 32.0 Å². The molecule has 4 rings (SSSR count). The Morgan fingerprint density at radius 3 is 2.63 bits per heavy atom. The summed E-state index contributed by atoms with van der Waals surface area (Å²) in [4.78, 5) is 14.9. The van der Waals surface area contributed by atoms with Crippen LogP contribution in [-0.4, -0.2) is 30.9 Å². The van der Waals surface area contributed by atoms with Crippen LogP contribution in [0.15, 0.2) is 36.4 Å². The summed E-state index contributed by atoms with van der Waals surface area (Å²) < 4.78 is 21.8. The zero-order valence-corrected chi connectivity index (χ0v) is 15.6. The van der Waals surface area contributed by atoms with Gasteiger partial charge in [0.15, 0.2) is 23.0 Å². The van der Waals surface area contributed by atoms with E-state index in [4.69, 9.17) is 18.9 Å². The molecule has 0 N–H and O–H groups in total. The smallest absolute Gasteiger partial charge is 0.231 e. The molecule has 0 radical (unpaired) electrons. The molecule has 2 aliphatic heterocycles. The van der Waals surface area contributed by atoms with Crippen molar-refractivity contribution < 1.29 is 23.7 Å². The Hall–Kier alpha value is -2.89. The summed E-state index contributed by atoms with van der Waals surface area (Å²) in [6.45, 7) is 5.84. The SMILES string of the molecule is CC(C)CN(Cc1cccc2c1OCO2)C(=O)Cc1ccc2c(c1)OCO2. The third-order valence-corrected chi connectivity index (χ3v) is 4.57. The van der Waals surface area contributed by atoms with E-state index in [0.717, 1.165) is 28.4 Å². The lowest BCUT2D eigenvalue weighted by atomic mass is 10.1. The number of nitrogens with zero attached hydrogens (tertiary/aromatic N) is 1. The molecule has 0 fully saturated rings. The molecule has 2 heterocycles. The second-order valence-electron chi connectivity index (χ2n) is 7.18. The number of carbonyl (C=O) groups is 1. The molecule has 142 valence electrons. The van der Waals surface area contributed by atoms with Crippen LogP contribution in [0.25, 0.3) is 0 Å². The van der Waals surface area contributed by atoms with E-state index in [-0.39, 0.29) is 19.5 Å². The van der Waals surface area contributed by atoms with Gasteiger partial charge >= 0.3 is 0 Å². The van der Waals surface area contributed by atoms with Crippen LogP contribution in [0.4, 0.5) is 0 Å². The Morgan fingerprint density at radius 2 is 1.78 bits per heavy atom. The Kier molecular flexibility index (Phi) is 4.79. The molecule has 6 heteroatoms. The minimum absolute atomic E-state index is 0.0686. The van der Waals surface area contributed by atoms with Gasteiger partial charge in [-0.25, -0.2) is 0 Å². The van der Waals surface area contributed by atoms with E-state index >= 15 is 0 Å². The molecular formula is C21H23NO5. The maximum Gasteiger partial charge on any atom is 0.231 e. The van der Waals surface area contributed by atoms with E-state index in [1.165, 1.54) is 0 Å². The van der Waals surface area contributed by atoms with E-state index in [9.17, 15) is 4.79 Å². The highest BCUT2D eigenvalue weighted by atomic mass is 16.7. The van der Waals surface area contributed by atoms with Gasteiger partial charge in [0.25, 0.3) is 0 Å². The second-order valence-corrected chi connectivity index (χ2v) is 7.18. The number of hydrogen-bond donors (Lipinski definition) is 0. The van der Waals surface area contributed by atoms with E-state index in [0.29, 0.717) is 31.2 Å². The van der Waals surface area contributed by atoms with Crippen molar-refractivity contribution in [1.82, 2.24) is 4.90 Å². The predicted molar refractivity (Wildman–Crippen MR) is 99.1 cm³/mol. The van der Waals surface area contributed by atoms with Crippen molar-refractivity contribution in [2.24, 2.45) is 5.92 Å². The Labute approximate surface area is 158 Å². The van der Waals surface area contributed by atoms with Crippen LogP contribution in [0, 0.1) is 5.92 Å². The molecule has 0 atom stereocenters. The monoisotopic (exact) mass is 369 g/mol. The van der Waals surface area contributed by atoms with Crippen molar-refractivity contribution >= 4 is 5.91 Å². The Balaban J connectivity index is 1.51. The molecular weight excluding hydrogens is 346 g/mol. The van der Waals surface area contributed by atoms with Gasteiger partial charge in [-0.3, -0.25) is 4.79 Å². The minimum Gasteiger partial charge on any atom is -0.454 e. The fraction of sp³-hybridized carbons (Fsp3) is 0.381. The van der Waals surface area contributed by atoms with Gasteiger partial charge in [-0.05, 0) is 29.7 Å². The minimum atomic E-state index is 0.0686. The second kappa shape index (κ2) is 7.39. The molecule has 0 saturated carbocycles. The molecule has 0 bridgehead atoms. The normalized spacial score (nSPS) is 13.9. The summed E-state index contributed by atoms with van der Waals surface area (Å²) in [6.07, 6.45) is 0.315. The number of benzene rings is 2. The summed E-state index contributed by atoms with van der Waals surface area (Å²) in [5.41, 5.74) is 1.88. The number of carbonyl (C=O) groups excluding carboxylic acids is 1. The van der Waals surface area contributed by atoms with Crippen molar-refractivity contribution in [2.45, 2.75) is 26.8 Å². The number of fused-ring (bicyclic) bond motifs is 2. The van der Waals surface area contributed by atoms with Gasteiger partial charge in [0, 0.05) is 18.7 Å². The maximum atomic E-state index is 13.0. The first-order valence-corrected chi connectivity index (χ1v) is 9.14. The molecule has 0 spiro atoms. The van der Waals surface area contributed by atoms with Gasteiger partial charge < -0.3 is 23.8 Å². The molecule has 0 aromatic heterocycles. The predicted octanol–water partition coefficient (Wildman–Crippen LogP) is 3.37. The first-order valence-electron chi connectivity index (χ1n) is 9.14. The van der Waals surface area contributed by atoms with Crippen molar-refractivity contribution in [3.05, 3.63) is 47.5 Å². The third-order valence-electron chi connectivity index (χ3n) is 4.57. The van der Waals surface area contributed by atoms with E-state index in [1.807, 2.05) is 41.3 Å². The molecule has 0 saturated heterocycles. The highest BCUT2D eigenvalue weighted by molar-refractivity contribution is 5.79. The maximum absolute atomic E-state index is 13.0. The number of ether oxygens (including phenoxy) is 4. The number of hydrogen-bond acceptors (Lipinski definition) is 5. The van der Waals surface area contributed by atoms with Crippen molar-refractivity contribution in [3.63, 3.8) is 0 Å². The lowest BCUT2D eigenvalue weighted by Crippen LogP contribution is -2.35. The number of para-hydroxylation sites is 1. The van der Waals surface area contributed by atoms with E-state index in [1.54, 1.807) is 0 Å². The van der Waals surface area contributed by atoms with Gasteiger partial charge in [0.05, 0.1) is 6.42 Å². The number of rotatable bonds is 6. The van der Waals surface area contributed by atoms with Crippen molar-refractivity contribution in [2.75, 3.05) is 20.1 Å². The lowest BCUT2D eigenvalue weighted by molar-refractivity contribution is -0.131. The summed E-state index contributed by atoms with van der Waals surface area (Å²) in [6, 6.07) is 11.4. The number of amides is 1. The van der Waals surface area contributed by atoms with Crippen LogP contribution < -0.4 is 18.9 Å². The highest BCUT2D eigenvalue weighted by Gasteiger charge is 2.23. The average molecular weight is 369 g/mol. The fourth-order valence-corrected chi connectivity index (χ4v) is 3.35. The molecule has 2 aromatic carbocycles. The van der Waals surface area contributed by atoms with Crippen molar-refractivity contribution in [1.29, 1.82) is 0 Å². The van der Waals surface area contributed by atoms with Crippen LogP contribution in [0.1, 0.15) is 25.0 Å². The zero-order valence-electron chi connectivity index (χ0n) is 15.6. The molecule has 6 nitrogen and oxygen atoms in total. The molecule has 2 aromatic rings. The highest BCUT2D eigenvalue weighted by Crippen LogP contribution is 2.36. The third kappa shape index (κ3) is 3.79. The fourth-order valence-electron chi connectivity index (χ4n) is 3.35. The largest absolute Gasteiger partial charge is 0.454 e. The van der Waals surface area contributed by atoms with Gasteiger partial charge in [-0.15, -0.1) is 0 Å². The average Bonchev–Trinajstić information content (AvgIpc) is 3.29.